The average Bonchev–Trinajstić information content (AvgIpc) is 2.70. The van der Waals surface area contributed by atoms with Gasteiger partial charge in [-0.1, -0.05) is 0 Å². The van der Waals surface area contributed by atoms with Crippen LogP contribution in [0.5, 0.6) is 0 Å². The van der Waals surface area contributed by atoms with E-state index < -0.39 is 24.2 Å². The van der Waals surface area contributed by atoms with Crippen LogP contribution in [-0.2, 0) is 4.74 Å². The Morgan fingerprint density at radius 2 is 2.53 bits per heavy atom. The van der Waals surface area contributed by atoms with E-state index in [4.69, 9.17) is 9.84 Å². The van der Waals surface area contributed by atoms with Crippen LogP contribution in [0.15, 0.2) is 22.1 Å². The molecule has 3 unspecified atom stereocenters. The first-order chi connectivity index (χ1) is 8.15. The first-order valence-corrected chi connectivity index (χ1v) is 6.41. The molecule has 0 spiro atoms. The Labute approximate surface area is 102 Å². The Kier molecular flexibility index (Phi) is 3.80. The molecule has 1 aliphatic heterocycles. The van der Waals surface area contributed by atoms with E-state index in [0.717, 1.165) is 0 Å². The molecule has 1 N–H and O–H groups in total. The zero-order valence-electron chi connectivity index (χ0n) is 9.25. The van der Waals surface area contributed by atoms with Gasteiger partial charge in [-0.25, -0.2) is 9.18 Å². The molecule has 1 saturated heterocycles. The summed E-state index contributed by atoms with van der Waals surface area (Å²) in [6.45, 7) is -0.386. The van der Waals surface area contributed by atoms with Gasteiger partial charge in [0.25, 0.3) is 0 Å². The number of aromatic nitrogens is 2. The fourth-order valence-electron chi connectivity index (χ4n) is 1.75. The van der Waals surface area contributed by atoms with Crippen LogP contribution in [0.2, 0.25) is 0 Å². The zero-order chi connectivity index (χ0) is 12.4. The second-order valence-electron chi connectivity index (χ2n) is 3.72. The van der Waals surface area contributed by atoms with Crippen molar-refractivity contribution in [2.24, 2.45) is 0 Å². The summed E-state index contributed by atoms with van der Waals surface area (Å²) in [5, 5.41) is 9.49. The van der Waals surface area contributed by atoms with E-state index in [0.29, 0.717) is 5.03 Å². The van der Waals surface area contributed by atoms with E-state index >= 15 is 0 Å². The summed E-state index contributed by atoms with van der Waals surface area (Å²) in [6, 6.07) is 1.68. The highest BCUT2D eigenvalue weighted by Crippen LogP contribution is 2.29. The van der Waals surface area contributed by atoms with Gasteiger partial charge in [0.2, 0.25) is 0 Å². The fourth-order valence-corrected chi connectivity index (χ4v) is 2.12. The van der Waals surface area contributed by atoms with E-state index in [1.165, 1.54) is 22.5 Å². The lowest BCUT2D eigenvalue weighted by molar-refractivity contribution is -0.0356. The largest absolute Gasteiger partial charge is 0.394 e. The number of hydrogen-bond donors (Lipinski definition) is 1. The van der Waals surface area contributed by atoms with Crippen LogP contribution >= 0.6 is 11.8 Å². The quantitative estimate of drug-likeness (QED) is 0.636. The van der Waals surface area contributed by atoms with Gasteiger partial charge in [0.15, 0.2) is 0 Å². The molecule has 7 heteroatoms. The minimum atomic E-state index is -1.25. The molecule has 17 heavy (non-hydrogen) atoms. The molecule has 0 bridgehead atoms. The standard InChI is InChI=1S/C10H13FN2O3S/c1-17-8-2-3-13(10(15)12-8)9-4-6(11)7(5-14)16-9/h2-3,6-7,9,14H,4-5H2,1H3. The average molecular weight is 260 g/mol. The van der Waals surface area contributed by atoms with E-state index in [1.54, 1.807) is 6.07 Å². The third-order valence-corrected chi connectivity index (χ3v) is 3.31. The van der Waals surface area contributed by atoms with Gasteiger partial charge in [0.05, 0.1) is 6.61 Å². The van der Waals surface area contributed by atoms with Gasteiger partial charge in [-0.15, -0.1) is 11.8 Å². The van der Waals surface area contributed by atoms with Crippen molar-refractivity contribution >= 4 is 11.8 Å². The Morgan fingerprint density at radius 1 is 1.76 bits per heavy atom. The first kappa shape index (κ1) is 12.5. The highest BCUT2D eigenvalue weighted by atomic mass is 32.2. The fraction of sp³-hybridized carbons (Fsp3) is 0.600. The van der Waals surface area contributed by atoms with Crippen molar-refractivity contribution < 1.29 is 14.2 Å². The topological polar surface area (TPSA) is 64.3 Å². The van der Waals surface area contributed by atoms with Gasteiger partial charge in [-0.05, 0) is 12.3 Å². The van der Waals surface area contributed by atoms with Crippen LogP contribution in [-0.4, -0.2) is 39.8 Å². The number of aliphatic hydroxyl groups excluding tert-OH is 1. The van der Waals surface area contributed by atoms with E-state index in [-0.39, 0.29) is 13.0 Å². The zero-order valence-corrected chi connectivity index (χ0v) is 10.1. The second kappa shape index (κ2) is 5.16. The van der Waals surface area contributed by atoms with Gasteiger partial charge < -0.3 is 9.84 Å². The van der Waals surface area contributed by atoms with Gasteiger partial charge in [-0.2, -0.15) is 4.98 Å². The maximum Gasteiger partial charge on any atom is 0.350 e. The molecule has 2 heterocycles. The molecule has 1 aliphatic rings. The minimum Gasteiger partial charge on any atom is -0.394 e. The predicted octanol–water partition coefficient (Wildman–Crippen LogP) is 0.583. The number of halogens is 1. The summed E-state index contributed by atoms with van der Waals surface area (Å²) in [5.74, 6) is 0. The monoisotopic (exact) mass is 260 g/mol. The molecule has 1 aromatic heterocycles. The van der Waals surface area contributed by atoms with Crippen molar-refractivity contribution in [1.29, 1.82) is 0 Å². The molecule has 2 rings (SSSR count). The highest BCUT2D eigenvalue weighted by Gasteiger charge is 2.36. The smallest absolute Gasteiger partial charge is 0.350 e. The molecule has 1 aromatic rings. The Bertz CT molecular complexity index is 453. The molecular weight excluding hydrogens is 247 g/mol. The van der Waals surface area contributed by atoms with Crippen molar-refractivity contribution in [3.05, 3.63) is 22.7 Å². The summed E-state index contributed by atoms with van der Waals surface area (Å²) in [7, 11) is 0. The molecule has 5 nitrogen and oxygen atoms in total. The lowest BCUT2D eigenvalue weighted by Crippen LogP contribution is -2.27. The molecule has 1 fully saturated rings. The number of rotatable bonds is 3. The summed E-state index contributed by atoms with van der Waals surface area (Å²) >= 11 is 1.36. The molecule has 94 valence electrons. The van der Waals surface area contributed by atoms with Gasteiger partial charge in [0, 0.05) is 12.6 Å². The molecule has 3 atom stereocenters. The van der Waals surface area contributed by atoms with Crippen molar-refractivity contribution in [2.45, 2.75) is 30.0 Å². The molecule has 0 aliphatic carbocycles. The van der Waals surface area contributed by atoms with Crippen molar-refractivity contribution in [1.82, 2.24) is 9.55 Å². The lowest BCUT2D eigenvalue weighted by Gasteiger charge is -2.13. The maximum atomic E-state index is 13.4. The van der Waals surface area contributed by atoms with Gasteiger partial charge in [0.1, 0.15) is 23.5 Å². The summed E-state index contributed by atoms with van der Waals surface area (Å²) in [5.41, 5.74) is -0.465. The number of nitrogens with zero attached hydrogens (tertiary/aromatic N) is 2. The van der Waals surface area contributed by atoms with Crippen LogP contribution in [0.25, 0.3) is 0 Å². The second-order valence-corrected chi connectivity index (χ2v) is 4.55. The molecule has 0 aromatic carbocycles. The summed E-state index contributed by atoms with van der Waals surface area (Å²) < 4.78 is 19.9. The number of hydrogen-bond acceptors (Lipinski definition) is 5. The van der Waals surface area contributed by atoms with Crippen molar-refractivity contribution in [3.63, 3.8) is 0 Å². The van der Waals surface area contributed by atoms with E-state index in [1.807, 2.05) is 6.26 Å². The van der Waals surface area contributed by atoms with Crippen molar-refractivity contribution in [2.75, 3.05) is 12.9 Å². The molecule has 0 amide bonds. The Hall–Kier alpha value is -0.920. The van der Waals surface area contributed by atoms with Crippen LogP contribution in [0.4, 0.5) is 4.39 Å². The highest BCUT2D eigenvalue weighted by molar-refractivity contribution is 7.98. The van der Waals surface area contributed by atoms with Crippen LogP contribution in [0.1, 0.15) is 12.6 Å². The van der Waals surface area contributed by atoms with Crippen LogP contribution in [0, 0.1) is 0 Å². The number of thioether (sulfide) groups is 1. The van der Waals surface area contributed by atoms with Crippen LogP contribution in [0.3, 0.4) is 0 Å². The lowest BCUT2D eigenvalue weighted by atomic mass is 10.2. The first-order valence-electron chi connectivity index (χ1n) is 5.19. The van der Waals surface area contributed by atoms with E-state index in [2.05, 4.69) is 4.98 Å². The van der Waals surface area contributed by atoms with Crippen molar-refractivity contribution in [3.8, 4) is 0 Å². The van der Waals surface area contributed by atoms with Gasteiger partial charge in [-0.3, -0.25) is 4.57 Å². The third kappa shape index (κ3) is 2.51. The molecular formula is C10H13FN2O3S. The molecule has 0 radical (unpaired) electrons. The summed E-state index contributed by atoms with van der Waals surface area (Å²) in [4.78, 5) is 15.5. The molecule has 0 saturated carbocycles. The normalized spacial score (nSPS) is 28.5. The minimum absolute atomic E-state index is 0.0609. The summed E-state index contributed by atoms with van der Waals surface area (Å²) in [6.07, 6.45) is 0.628. The SMILES string of the molecule is CSc1ccn(C2CC(F)C(CO)O2)c(=O)n1. The number of aliphatic hydroxyl groups is 1. The maximum absolute atomic E-state index is 13.4. The van der Waals surface area contributed by atoms with E-state index in [9.17, 15) is 9.18 Å². The third-order valence-electron chi connectivity index (χ3n) is 2.67. The number of alkyl halides is 1. The predicted molar refractivity (Wildman–Crippen MR) is 60.8 cm³/mol. The number of ether oxygens (including phenoxy) is 1. The Balaban J connectivity index is 2.22. The van der Waals surface area contributed by atoms with Gasteiger partial charge >= 0.3 is 5.69 Å². The van der Waals surface area contributed by atoms with Crippen LogP contribution < -0.4 is 5.69 Å². The Morgan fingerprint density at radius 3 is 3.06 bits per heavy atom.